The number of aromatic nitrogens is 2. The summed E-state index contributed by atoms with van der Waals surface area (Å²) in [5.41, 5.74) is 1.88. The van der Waals surface area contributed by atoms with Crippen LogP contribution in [0.2, 0.25) is 5.02 Å². The van der Waals surface area contributed by atoms with E-state index < -0.39 is 0 Å². The first kappa shape index (κ1) is 13.8. The van der Waals surface area contributed by atoms with Crippen LogP contribution in [0.15, 0.2) is 0 Å². The van der Waals surface area contributed by atoms with Crippen molar-refractivity contribution in [2.45, 2.75) is 45.3 Å². The quantitative estimate of drug-likeness (QED) is 0.865. The van der Waals surface area contributed by atoms with Crippen molar-refractivity contribution < 1.29 is 4.74 Å². The van der Waals surface area contributed by atoms with Crippen molar-refractivity contribution in [3.63, 3.8) is 0 Å². The maximum absolute atomic E-state index is 6.15. The molecule has 2 heterocycles. The monoisotopic (exact) mass is 271 g/mol. The zero-order valence-electron chi connectivity index (χ0n) is 11.2. The molecule has 1 aliphatic heterocycles. The molecule has 0 bridgehead atoms. The fourth-order valence-corrected chi connectivity index (χ4v) is 2.51. The summed E-state index contributed by atoms with van der Waals surface area (Å²) in [5.74, 6) is 0. The summed E-state index contributed by atoms with van der Waals surface area (Å²) in [4.78, 5) is 2.26. The van der Waals surface area contributed by atoms with Crippen molar-refractivity contribution in [3.05, 3.63) is 16.4 Å². The molecule has 1 aromatic rings. The zero-order chi connectivity index (χ0) is 13.0. The molecule has 18 heavy (non-hydrogen) atoms. The van der Waals surface area contributed by atoms with Gasteiger partial charge in [-0.05, 0) is 46.2 Å². The number of halogens is 1. The van der Waals surface area contributed by atoms with Crippen molar-refractivity contribution in [2.75, 3.05) is 20.2 Å². The van der Waals surface area contributed by atoms with Crippen LogP contribution in [0.5, 0.6) is 0 Å². The molecule has 0 saturated carbocycles. The standard InChI is InChI=1S/C13H22ClN3O/c1-10-13(14)12(16-15-10)9-17(2)7-3-5-11-6-4-8-18-11/h11H,3-9H2,1-2H3,(H,15,16)/t11-/m1/s1. The van der Waals surface area contributed by atoms with Crippen LogP contribution in [0.1, 0.15) is 37.1 Å². The molecule has 4 nitrogen and oxygen atoms in total. The van der Waals surface area contributed by atoms with Crippen LogP contribution >= 0.6 is 11.6 Å². The van der Waals surface area contributed by atoms with Gasteiger partial charge in [0.2, 0.25) is 0 Å². The number of ether oxygens (including phenoxy) is 1. The van der Waals surface area contributed by atoms with Gasteiger partial charge in [-0.2, -0.15) is 5.10 Å². The molecular formula is C13H22ClN3O. The minimum Gasteiger partial charge on any atom is -0.378 e. The van der Waals surface area contributed by atoms with Crippen molar-refractivity contribution in [3.8, 4) is 0 Å². The van der Waals surface area contributed by atoms with E-state index in [1.165, 1.54) is 19.3 Å². The van der Waals surface area contributed by atoms with Gasteiger partial charge in [-0.15, -0.1) is 0 Å². The van der Waals surface area contributed by atoms with Crippen LogP contribution in [0.25, 0.3) is 0 Å². The van der Waals surface area contributed by atoms with Crippen LogP contribution in [0.4, 0.5) is 0 Å². The third-order valence-corrected chi connectivity index (χ3v) is 3.95. The Morgan fingerprint density at radius 1 is 1.56 bits per heavy atom. The number of aromatic amines is 1. The van der Waals surface area contributed by atoms with E-state index in [1.807, 2.05) is 6.92 Å². The highest BCUT2D eigenvalue weighted by molar-refractivity contribution is 6.31. The summed E-state index contributed by atoms with van der Waals surface area (Å²) in [6.07, 6.45) is 5.28. The lowest BCUT2D eigenvalue weighted by Gasteiger charge is -2.16. The lowest BCUT2D eigenvalue weighted by atomic mass is 10.1. The van der Waals surface area contributed by atoms with Crippen molar-refractivity contribution in [2.24, 2.45) is 0 Å². The van der Waals surface area contributed by atoms with E-state index in [4.69, 9.17) is 16.3 Å². The smallest absolute Gasteiger partial charge is 0.0951 e. The molecule has 1 fully saturated rings. The predicted molar refractivity (Wildman–Crippen MR) is 72.9 cm³/mol. The Bertz CT molecular complexity index is 374. The summed E-state index contributed by atoms with van der Waals surface area (Å²) in [5, 5.41) is 7.90. The first-order valence-electron chi connectivity index (χ1n) is 6.66. The molecule has 1 N–H and O–H groups in total. The summed E-state index contributed by atoms with van der Waals surface area (Å²) in [7, 11) is 2.11. The molecule has 5 heteroatoms. The molecule has 0 radical (unpaired) electrons. The van der Waals surface area contributed by atoms with Gasteiger partial charge < -0.3 is 9.64 Å². The Kier molecular flexibility index (Phi) is 5.03. The Morgan fingerprint density at radius 3 is 3.00 bits per heavy atom. The highest BCUT2D eigenvalue weighted by atomic mass is 35.5. The fraction of sp³-hybridized carbons (Fsp3) is 0.769. The number of H-pyrrole nitrogens is 1. The predicted octanol–water partition coefficient (Wildman–Crippen LogP) is 2.76. The number of aryl methyl sites for hydroxylation is 1. The summed E-state index contributed by atoms with van der Waals surface area (Å²) in [6, 6.07) is 0. The summed E-state index contributed by atoms with van der Waals surface area (Å²) < 4.78 is 5.62. The van der Waals surface area contributed by atoms with Crippen molar-refractivity contribution >= 4 is 11.6 Å². The molecule has 0 aliphatic carbocycles. The molecule has 1 saturated heterocycles. The normalized spacial score (nSPS) is 19.9. The minimum atomic E-state index is 0.495. The molecule has 2 rings (SSSR count). The van der Waals surface area contributed by atoms with E-state index in [9.17, 15) is 0 Å². The number of hydrogen-bond donors (Lipinski definition) is 1. The Morgan fingerprint density at radius 2 is 2.39 bits per heavy atom. The lowest BCUT2D eigenvalue weighted by molar-refractivity contribution is 0.0995. The van der Waals surface area contributed by atoms with Gasteiger partial charge >= 0.3 is 0 Å². The molecule has 1 atom stereocenters. The topological polar surface area (TPSA) is 41.2 Å². The number of nitrogens with one attached hydrogen (secondary N) is 1. The van der Waals surface area contributed by atoms with Gasteiger partial charge in [0, 0.05) is 13.2 Å². The maximum atomic E-state index is 6.15. The molecule has 0 unspecified atom stereocenters. The molecule has 0 aromatic carbocycles. The third-order valence-electron chi connectivity index (χ3n) is 3.45. The van der Waals surface area contributed by atoms with Crippen LogP contribution in [0, 0.1) is 6.92 Å². The second-order valence-electron chi connectivity index (χ2n) is 5.12. The molecule has 1 aliphatic rings. The molecule has 102 valence electrons. The van der Waals surface area contributed by atoms with Gasteiger partial charge in [-0.3, -0.25) is 5.10 Å². The van der Waals surface area contributed by atoms with Gasteiger partial charge in [-0.1, -0.05) is 11.6 Å². The number of hydrogen-bond acceptors (Lipinski definition) is 3. The highest BCUT2D eigenvalue weighted by Gasteiger charge is 2.15. The summed E-state index contributed by atoms with van der Waals surface area (Å²) >= 11 is 6.15. The van der Waals surface area contributed by atoms with Gasteiger partial charge in [0.1, 0.15) is 0 Å². The Hall–Kier alpha value is -0.580. The third kappa shape index (κ3) is 3.70. The van der Waals surface area contributed by atoms with Crippen molar-refractivity contribution in [1.29, 1.82) is 0 Å². The van der Waals surface area contributed by atoms with E-state index in [-0.39, 0.29) is 0 Å². The van der Waals surface area contributed by atoms with Gasteiger partial charge in [0.25, 0.3) is 0 Å². The fourth-order valence-electron chi connectivity index (χ4n) is 2.37. The van der Waals surface area contributed by atoms with Gasteiger partial charge in [-0.25, -0.2) is 0 Å². The first-order chi connectivity index (χ1) is 8.66. The molecule has 0 spiro atoms. The summed E-state index contributed by atoms with van der Waals surface area (Å²) in [6.45, 7) is 4.75. The van der Waals surface area contributed by atoms with Crippen LogP contribution in [-0.2, 0) is 11.3 Å². The van der Waals surface area contributed by atoms with Crippen molar-refractivity contribution in [1.82, 2.24) is 15.1 Å². The zero-order valence-corrected chi connectivity index (χ0v) is 12.0. The number of nitrogens with zero attached hydrogens (tertiary/aromatic N) is 2. The second-order valence-corrected chi connectivity index (χ2v) is 5.50. The van der Waals surface area contributed by atoms with E-state index >= 15 is 0 Å². The highest BCUT2D eigenvalue weighted by Crippen LogP contribution is 2.19. The van der Waals surface area contributed by atoms with E-state index in [1.54, 1.807) is 0 Å². The largest absolute Gasteiger partial charge is 0.378 e. The van der Waals surface area contributed by atoms with E-state index in [0.29, 0.717) is 6.10 Å². The second kappa shape index (κ2) is 6.55. The van der Waals surface area contributed by atoms with Crippen LogP contribution in [0.3, 0.4) is 0 Å². The first-order valence-corrected chi connectivity index (χ1v) is 7.04. The lowest BCUT2D eigenvalue weighted by Crippen LogP contribution is -2.20. The van der Waals surface area contributed by atoms with Crippen LogP contribution in [-0.4, -0.2) is 41.4 Å². The minimum absolute atomic E-state index is 0.495. The molecule has 0 amide bonds. The Labute approximate surface area is 114 Å². The number of rotatable bonds is 6. The molecule has 1 aromatic heterocycles. The Balaban J connectivity index is 1.68. The van der Waals surface area contributed by atoms with Gasteiger partial charge in [0.05, 0.1) is 22.5 Å². The maximum Gasteiger partial charge on any atom is 0.0951 e. The molecular weight excluding hydrogens is 250 g/mol. The van der Waals surface area contributed by atoms with Crippen LogP contribution < -0.4 is 0 Å². The van der Waals surface area contributed by atoms with E-state index in [2.05, 4.69) is 22.1 Å². The van der Waals surface area contributed by atoms with E-state index in [0.717, 1.165) is 42.5 Å². The van der Waals surface area contributed by atoms with Gasteiger partial charge in [0.15, 0.2) is 0 Å². The average molecular weight is 272 g/mol. The SMILES string of the molecule is Cc1[nH]nc(CN(C)CCC[C@@H]2CCCO2)c1Cl. The average Bonchev–Trinajstić information content (AvgIpc) is 2.95.